The molecule has 8 heteroatoms. The molecule has 0 bridgehead atoms. The van der Waals surface area contributed by atoms with E-state index in [0.29, 0.717) is 16.8 Å². The number of hydrogen-bond donors (Lipinski definition) is 2. The van der Waals surface area contributed by atoms with Gasteiger partial charge in [-0.1, -0.05) is 18.2 Å². The molecule has 25 heavy (non-hydrogen) atoms. The zero-order valence-corrected chi connectivity index (χ0v) is 14.2. The minimum absolute atomic E-state index is 0.185. The van der Waals surface area contributed by atoms with Crippen molar-refractivity contribution in [1.82, 2.24) is 4.72 Å². The predicted octanol–water partition coefficient (Wildman–Crippen LogP) is 2.32. The fourth-order valence-corrected chi connectivity index (χ4v) is 2.98. The number of sulfonamides is 1. The fraction of sp³-hybridized carbons (Fsp3) is 0.176. The Labute approximate surface area is 145 Å². The van der Waals surface area contributed by atoms with Gasteiger partial charge in [-0.05, 0) is 35.9 Å². The van der Waals surface area contributed by atoms with Gasteiger partial charge in [-0.15, -0.1) is 0 Å². The number of carbonyl (C=O) groups is 1. The van der Waals surface area contributed by atoms with Crippen LogP contribution in [-0.2, 0) is 14.8 Å². The third-order valence-corrected chi connectivity index (χ3v) is 4.01. The minimum Gasteiger partial charge on any atom is -0.326 e. The molecule has 0 unspecified atom stereocenters. The number of anilines is 1. The van der Waals surface area contributed by atoms with Gasteiger partial charge in [0, 0.05) is 12.1 Å². The lowest BCUT2D eigenvalue weighted by molar-refractivity contribution is -0.116. The summed E-state index contributed by atoms with van der Waals surface area (Å²) >= 11 is 0. The van der Waals surface area contributed by atoms with Crippen LogP contribution in [0, 0.1) is 17.1 Å². The lowest BCUT2D eigenvalue weighted by atomic mass is 10.0. The number of carbonyl (C=O) groups excluding carboxylic acids is 1. The first kappa shape index (κ1) is 18.6. The number of benzene rings is 2. The fourth-order valence-electron chi connectivity index (χ4n) is 2.24. The Morgan fingerprint density at radius 2 is 1.92 bits per heavy atom. The minimum atomic E-state index is -3.58. The van der Waals surface area contributed by atoms with Crippen molar-refractivity contribution in [2.75, 3.05) is 11.6 Å². The van der Waals surface area contributed by atoms with Gasteiger partial charge in [-0.2, -0.15) is 5.26 Å². The molecular weight excluding hydrogens is 345 g/mol. The second-order valence-electron chi connectivity index (χ2n) is 5.44. The van der Waals surface area contributed by atoms with Gasteiger partial charge in [0.1, 0.15) is 5.82 Å². The molecule has 0 aromatic heterocycles. The molecule has 6 nitrogen and oxygen atoms in total. The number of nitrogens with zero attached hydrogens (tertiary/aromatic N) is 1. The summed E-state index contributed by atoms with van der Waals surface area (Å²) in [4.78, 5) is 12.2. The van der Waals surface area contributed by atoms with Gasteiger partial charge >= 0.3 is 0 Å². The molecule has 0 saturated heterocycles. The van der Waals surface area contributed by atoms with Crippen molar-refractivity contribution in [2.45, 2.75) is 12.5 Å². The number of hydrogen-bond acceptors (Lipinski definition) is 4. The van der Waals surface area contributed by atoms with Crippen LogP contribution >= 0.6 is 0 Å². The maximum absolute atomic E-state index is 13.1. The van der Waals surface area contributed by atoms with Gasteiger partial charge < -0.3 is 5.32 Å². The SMILES string of the molecule is CS(=O)(=O)N[C@H](CC(=O)Nc1cccc(C#N)c1)c1ccc(F)cc1. The molecule has 0 saturated carbocycles. The van der Waals surface area contributed by atoms with Crippen LogP contribution < -0.4 is 10.0 Å². The summed E-state index contributed by atoms with van der Waals surface area (Å²) in [6.07, 6.45) is 0.799. The van der Waals surface area contributed by atoms with Crippen LogP contribution in [0.5, 0.6) is 0 Å². The first-order valence-corrected chi connectivity index (χ1v) is 9.19. The highest BCUT2D eigenvalue weighted by Crippen LogP contribution is 2.20. The third-order valence-electron chi connectivity index (χ3n) is 3.29. The smallest absolute Gasteiger partial charge is 0.226 e. The highest BCUT2D eigenvalue weighted by Gasteiger charge is 2.20. The molecule has 0 aliphatic carbocycles. The van der Waals surface area contributed by atoms with Crippen LogP contribution in [0.1, 0.15) is 23.6 Å². The first-order chi connectivity index (χ1) is 11.8. The van der Waals surface area contributed by atoms with Gasteiger partial charge in [0.25, 0.3) is 0 Å². The third kappa shape index (κ3) is 5.99. The molecule has 1 atom stereocenters. The molecule has 0 heterocycles. The normalized spacial score (nSPS) is 12.2. The highest BCUT2D eigenvalue weighted by molar-refractivity contribution is 7.88. The Bertz CT molecular complexity index is 905. The van der Waals surface area contributed by atoms with E-state index in [2.05, 4.69) is 10.0 Å². The van der Waals surface area contributed by atoms with Crippen LogP contribution in [0.2, 0.25) is 0 Å². The quantitative estimate of drug-likeness (QED) is 0.825. The molecule has 0 aliphatic rings. The van der Waals surface area contributed by atoms with E-state index in [4.69, 9.17) is 5.26 Å². The second kappa shape index (κ2) is 7.88. The maximum Gasteiger partial charge on any atom is 0.226 e. The summed E-state index contributed by atoms with van der Waals surface area (Å²) in [5.41, 5.74) is 1.29. The summed E-state index contributed by atoms with van der Waals surface area (Å²) in [5, 5.41) is 11.5. The topological polar surface area (TPSA) is 99.1 Å². The van der Waals surface area contributed by atoms with Crippen molar-refractivity contribution in [3.05, 3.63) is 65.5 Å². The molecular formula is C17H16FN3O3S. The van der Waals surface area contributed by atoms with Gasteiger partial charge in [-0.3, -0.25) is 4.79 Å². The van der Waals surface area contributed by atoms with E-state index in [1.807, 2.05) is 6.07 Å². The summed E-state index contributed by atoms with van der Waals surface area (Å²) in [5.74, 6) is -0.903. The Kier molecular flexibility index (Phi) is 5.85. The van der Waals surface area contributed by atoms with Crippen LogP contribution in [0.3, 0.4) is 0 Å². The van der Waals surface area contributed by atoms with E-state index < -0.39 is 27.8 Å². The molecule has 130 valence electrons. The van der Waals surface area contributed by atoms with Crippen LogP contribution in [0.25, 0.3) is 0 Å². The van der Waals surface area contributed by atoms with Crippen molar-refractivity contribution < 1.29 is 17.6 Å². The number of rotatable bonds is 6. The maximum atomic E-state index is 13.1. The molecule has 0 radical (unpaired) electrons. The Hall–Kier alpha value is -2.76. The van der Waals surface area contributed by atoms with Crippen molar-refractivity contribution in [3.63, 3.8) is 0 Å². The van der Waals surface area contributed by atoms with E-state index in [1.165, 1.54) is 30.3 Å². The molecule has 0 spiro atoms. The zero-order valence-electron chi connectivity index (χ0n) is 13.4. The van der Waals surface area contributed by atoms with Crippen LogP contribution in [0.15, 0.2) is 48.5 Å². The van der Waals surface area contributed by atoms with Crippen molar-refractivity contribution >= 4 is 21.6 Å². The largest absolute Gasteiger partial charge is 0.326 e. The molecule has 0 fully saturated rings. The molecule has 1 amide bonds. The number of amides is 1. The van der Waals surface area contributed by atoms with Gasteiger partial charge in [0.15, 0.2) is 0 Å². The highest BCUT2D eigenvalue weighted by atomic mass is 32.2. The van der Waals surface area contributed by atoms with E-state index in [-0.39, 0.29) is 6.42 Å². The van der Waals surface area contributed by atoms with Gasteiger partial charge in [-0.25, -0.2) is 17.5 Å². The van der Waals surface area contributed by atoms with Crippen molar-refractivity contribution in [1.29, 1.82) is 5.26 Å². The standard InChI is InChI=1S/C17H16FN3O3S/c1-25(23,24)21-16(13-5-7-14(18)8-6-13)10-17(22)20-15-4-2-3-12(9-15)11-19/h2-9,16,21H,10H2,1H3,(H,20,22)/t16-/m1/s1. The zero-order chi connectivity index (χ0) is 18.4. The monoisotopic (exact) mass is 361 g/mol. The molecule has 2 N–H and O–H groups in total. The Morgan fingerprint density at radius 1 is 1.24 bits per heavy atom. The van der Waals surface area contributed by atoms with Crippen LogP contribution in [-0.4, -0.2) is 20.6 Å². The number of nitrogens with one attached hydrogen (secondary N) is 2. The number of nitriles is 1. The predicted molar refractivity (Wildman–Crippen MR) is 91.5 cm³/mol. The second-order valence-corrected chi connectivity index (χ2v) is 7.22. The van der Waals surface area contributed by atoms with Crippen molar-refractivity contribution in [3.8, 4) is 6.07 Å². The lowest BCUT2D eigenvalue weighted by Gasteiger charge is -2.18. The summed E-state index contributed by atoms with van der Waals surface area (Å²) in [6, 6.07) is 12.7. The van der Waals surface area contributed by atoms with Crippen LogP contribution in [0.4, 0.5) is 10.1 Å². The van der Waals surface area contributed by atoms with E-state index in [1.54, 1.807) is 18.2 Å². The molecule has 2 rings (SSSR count). The Balaban J connectivity index is 2.16. The summed E-state index contributed by atoms with van der Waals surface area (Å²) < 4.78 is 38.5. The van der Waals surface area contributed by atoms with E-state index in [0.717, 1.165) is 6.26 Å². The molecule has 2 aromatic rings. The average Bonchev–Trinajstić information content (AvgIpc) is 2.53. The van der Waals surface area contributed by atoms with E-state index >= 15 is 0 Å². The van der Waals surface area contributed by atoms with Gasteiger partial charge in [0.2, 0.25) is 15.9 Å². The molecule has 2 aromatic carbocycles. The lowest BCUT2D eigenvalue weighted by Crippen LogP contribution is -2.30. The Morgan fingerprint density at radius 3 is 2.52 bits per heavy atom. The van der Waals surface area contributed by atoms with Crippen molar-refractivity contribution in [2.24, 2.45) is 0 Å². The summed E-state index contributed by atoms with van der Waals surface area (Å²) in [6.45, 7) is 0. The summed E-state index contributed by atoms with van der Waals surface area (Å²) in [7, 11) is -3.58. The van der Waals surface area contributed by atoms with Gasteiger partial charge in [0.05, 0.1) is 23.9 Å². The van der Waals surface area contributed by atoms with E-state index in [9.17, 15) is 17.6 Å². The first-order valence-electron chi connectivity index (χ1n) is 7.29. The number of halogens is 1. The molecule has 0 aliphatic heterocycles. The average molecular weight is 361 g/mol.